The summed E-state index contributed by atoms with van der Waals surface area (Å²) in [6.07, 6.45) is 0.675. The molecule has 4 rings (SSSR count). The summed E-state index contributed by atoms with van der Waals surface area (Å²) in [6.45, 7) is 6.82. The first-order valence-corrected chi connectivity index (χ1v) is 10.6. The molecular formula is C26H27N3O2. The van der Waals surface area contributed by atoms with Gasteiger partial charge >= 0.3 is 0 Å². The second kappa shape index (κ2) is 8.64. The van der Waals surface area contributed by atoms with Crippen molar-refractivity contribution in [2.45, 2.75) is 33.4 Å². The van der Waals surface area contributed by atoms with Gasteiger partial charge in [0.25, 0.3) is 11.8 Å². The van der Waals surface area contributed by atoms with Crippen LogP contribution in [0.15, 0.2) is 66.7 Å². The van der Waals surface area contributed by atoms with E-state index in [1.165, 1.54) is 5.56 Å². The minimum atomic E-state index is -0.209. The van der Waals surface area contributed by atoms with Crippen LogP contribution in [0.1, 0.15) is 56.9 Å². The van der Waals surface area contributed by atoms with Crippen molar-refractivity contribution in [2.24, 2.45) is 0 Å². The molecule has 5 nitrogen and oxygen atoms in total. The highest BCUT2D eigenvalue weighted by Gasteiger charge is 2.35. The lowest BCUT2D eigenvalue weighted by Crippen LogP contribution is -2.32. The first kappa shape index (κ1) is 20.7. The smallest absolute Gasteiger partial charge is 0.256 e. The largest absolute Gasteiger partial charge is 0.361 e. The number of benzene rings is 3. The van der Waals surface area contributed by atoms with Crippen molar-refractivity contribution in [1.29, 1.82) is 0 Å². The molecule has 2 N–H and O–H groups in total. The molecule has 1 heterocycles. The van der Waals surface area contributed by atoms with Crippen LogP contribution in [0.2, 0.25) is 0 Å². The van der Waals surface area contributed by atoms with E-state index in [-0.39, 0.29) is 18.0 Å². The first-order valence-electron chi connectivity index (χ1n) is 10.6. The summed E-state index contributed by atoms with van der Waals surface area (Å²) in [5.74, 6) is -0.0943. The summed E-state index contributed by atoms with van der Waals surface area (Å²) >= 11 is 0. The Labute approximate surface area is 183 Å². The summed E-state index contributed by atoms with van der Waals surface area (Å²) < 4.78 is 0. The Hall–Kier alpha value is -3.60. The molecule has 0 spiro atoms. The Morgan fingerprint density at radius 3 is 2.35 bits per heavy atom. The molecule has 3 aromatic carbocycles. The third-order valence-corrected chi connectivity index (χ3v) is 5.74. The molecule has 0 bridgehead atoms. The number of hydrogen-bond acceptors (Lipinski definition) is 3. The van der Waals surface area contributed by atoms with Gasteiger partial charge in [0.2, 0.25) is 0 Å². The molecule has 0 saturated carbocycles. The molecule has 1 aliphatic heterocycles. The van der Waals surface area contributed by atoms with Gasteiger partial charge in [0.15, 0.2) is 0 Å². The van der Waals surface area contributed by atoms with Crippen LogP contribution in [0, 0.1) is 13.8 Å². The molecular weight excluding hydrogens is 386 g/mol. The molecule has 0 unspecified atom stereocenters. The van der Waals surface area contributed by atoms with Gasteiger partial charge in [0.1, 0.15) is 6.17 Å². The Bertz CT molecular complexity index is 1120. The molecule has 31 heavy (non-hydrogen) atoms. The highest BCUT2D eigenvalue weighted by Crippen LogP contribution is 2.34. The van der Waals surface area contributed by atoms with Gasteiger partial charge in [-0.15, -0.1) is 0 Å². The fraction of sp³-hybridized carbons (Fsp3) is 0.231. The van der Waals surface area contributed by atoms with E-state index < -0.39 is 0 Å². The highest BCUT2D eigenvalue weighted by molar-refractivity contribution is 6.04. The number of nitrogens with zero attached hydrogens (tertiary/aromatic N) is 1. The van der Waals surface area contributed by atoms with E-state index in [0.717, 1.165) is 34.5 Å². The zero-order chi connectivity index (χ0) is 22.0. The lowest BCUT2D eigenvalue weighted by atomic mass is 10.1. The van der Waals surface area contributed by atoms with Crippen LogP contribution < -0.4 is 10.6 Å². The summed E-state index contributed by atoms with van der Waals surface area (Å²) in [7, 11) is 0. The molecule has 0 saturated heterocycles. The van der Waals surface area contributed by atoms with Gasteiger partial charge in [-0.25, -0.2) is 0 Å². The third-order valence-electron chi connectivity index (χ3n) is 5.74. The standard InChI is InChI=1S/C26H27N3O2/c1-4-15-29-24(22-7-5-6-8-23(22)26(29)31)27-20-13-10-19(11-14-20)25(30)28-21-12-9-17(2)18(3)16-21/h5-14,16,24,27H,4,15H2,1-3H3,(H,28,30)/t24-/m1/s1. The summed E-state index contributed by atoms with van der Waals surface area (Å²) in [6, 6.07) is 21.0. The number of hydrogen-bond donors (Lipinski definition) is 2. The molecule has 2 amide bonds. The molecule has 0 fully saturated rings. The highest BCUT2D eigenvalue weighted by atomic mass is 16.2. The SMILES string of the molecule is CCCN1C(=O)c2ccccc2[C@@H]1Nc1ccc(C(=O)Nc2ccc(C)c(C)c2)cc1. The van der Waals surface area contributed by atoms with Crippen LogP contribution in [0.25, 0.3) is 0 Å². The van der Waals surface area contributed by atoms with Crippen LogP contribution in [-0.4, -0.2) is 23.3 Å². The van der Waals surface area contributed by atoms with Gasteiger partial charge in [-0.3, -0.25) is 9.59 Å². The zero-order valence-electron chi connectivity index (χ0n) is 18.1. The number of aryl methyl sites for hydroxylation is 2. The fourth-order valence-electron chi connectivity index (χ4n) is 3.90. The van der Waals surface area contributed by atoms with Gasteiger partial charge in [0, 0.05) is 34.6 Å². The second-order valence-corrected chi connectivity index (χ2v) is 7.96. The lowest BCUT2D eigenvalue weighted by molar-refractivity contribution is 0.0743. The number of fused-ring (bicyclic) bond motifs is 1. The Balaban J connectivity index is 1.49. The molecule has 158 valence electrons. The van der Waals surface area contributed by atoms with E-state index in [0.29, 0.717) is 12.1 Å². The maximum absolute atomic E-state index is 12.8. The topological polar surface area (TPSA) is 61.4 Å². The van der Waals surface area contributed by atoms with E-state index in [2.05, 4.69) is 17.6 Å². The molecule has 1 atom stereocenters. The molecule has 5 heteroatoms. The minimum Gasteiger partial charge on any atom is -0.361 e. The maximum atomic E-state index is 12.8. The number of anilines is 2. The van der Waals surface area contributed by atoms with Crippen LogP contribution >= 0.6 is 0 Å². The molecule has 0 aliphatic carbocycles. The molecule has 1 aliphatic rings. The average molecular weight is 414 g/mol. The average Bonchev–Trinajstić information content (AvgIpc) is 3.03. The van der Waals surface area contributed by atoms with Crippen molar-refractivity contribution < 1.29 is 9.59 Å². The van der Waals surface area contributed by atoms with Crippen molar-refractivity contribution >= 4 is 23.2 Å². The predicted octanol–water partition coefficient (Wildman–Crippen LogP) is 5.53. The van der Waals surface area contributed by atoms with Crippen LogP contribution in [0.3, 0.4) is 0 Å². The normalized spacial score (nSPS) is 15.0. The quantitative estimate of drug-likeness (QED) is 0.558. The zero-order valence-corrected chi connectivity index (χ0v) is 18.1. The Kier molecular flexibility index (Phi) is 5.76. The van der Waals surface area contributed by atoms with Crippen molar-refractivity contribution in [1.82, 2.24) is 4.90 Å². The molecule has 0 aromatic heterocycles. The number of nitrogens with one attached hydrogen (secondary N) is 2. The lowest BCUT2D eigenvalue weighted by Gasteiger charge is -2.26. The molecule has 0 radical (unpaired) electrons. The number of rotatable bonds is 6. The van der Waals surface area contributed by atoms with Crippen LogP contribution in [-0.2, 0) is 0 Å². The van der Waals surface area contributed by atoms with Crippen LogP contribution in [0.4, 0.5) is 11.4 Å². The Morgan fingerprint density at radius 2 is 1.65 bits per heavy atom. The number of carbonyl (C=O) groups is 2. The molecule has 3 aromatic rings. The van der Waals surface area contributed by atoms with Crippen molar-refractivity contribution in [3.63, 3.8) is 0 Å². The first-order chi connectivity index (χ1) is 15.0. The van der Waals surface area contributed by atoms with Gasteiger partial charge < -0.3 is 15.5 Å². The predicted molar refractivity (Wildman–Crippen MR) is 124 cm³/mol. The van der Waals surface area contributed by atoms with E-state index in [1.807, 2.05) is 73.3 Å². The van der Waals surface area contributed by atoms with Crippen LogP contribution in [0.5, 0.6) is 0 Å². The van der Waals surface area contributed by atoms with Crippen molar-refractivity contribution in [3.05, 3.63) is 94.5 Å². The maximum Gasteiger partial charge on any atom is 0.256 e. The van der Waals surface area contributed by atoms with E-state index in [4.69, 9.17) is 0 Å². The van der Waals surface area contributed by atoms with Gasteiger partial charge in [-0.1, -0.05) is 31.2 Å². The van der Waals surface area contributed by atoms with E-state index in [1.54, 1.807) is 12.1 Å². The van der Waals surface area contributed by atoms with Gasteiger partial charge in [-0.2, -0.15) is 0 Å². The van der Waals surface area contributed by atoms with E-state index >= 15 is 0 Å². The second-order valence-electron chi connectivity index (χ2n) is 7.96. The van der Waals surface area contributed by atoms with Gasteiger partial charge in [0.05, 0.1) is 0 Å². The summed E-state index contributed by atoms with van der Waals surface area (Å²) in [4.78, 5) is 27.3. The van der Waals surface area contributed by atoms with Crippen molar-refractivity contribution in [2.75, 3.05) is 17.2 Å². The minimum absolute atomic E-state index is 0.0549. The Morgan fingerprint density at radius 1 is 0.935 bits per heavy atom. The monoisotopic (exact) mass is 413 g/mol. The fourth-order valence-corrected chi connectivity index (χ4v) is 3.90. The summed E-state index contributed by atoms with van der Waals surface area (Å²) in [5.41, 5.74) is 6.29. The van der Waals surface area contributed by atoms with E-state index in [9.17, 15) is 9.59 Å². The summed E-state index contributed by atoms with van der Waals surface area (Å²) in [5, 5.41) is 6.41. The van der Waals surface area contributed by atoms with Gasteiger partial charge in [-0.05, 0) is 73.9 Å². The number of amides is 2. The third kappa shape index (κ3) is 4.17. The van der Waals surface area contributed by atoms with Crippen molar-refractivity contribution in [3.8, 4) is 0 Å². The number of carbonyl (C=O) groups excluding carboxylic acids is 2.